The lowest BCUT2D eigenvalue weighted by molar-refractivity contribution is 0.624. The Morgan fingerprint density at radius 2 is 2.11 bits per heavy atom. The first kappa shape index (κ1) is 11.9. The minimum atomic E-state index is -0.447. The third-order valence-electron chi connectivity index (χ3n) is 2.80. The minimum absolute atomic E-state index is 0.103. The molecule has 0 fully saturated rings. The van der Waals surface area contributed by atoms with E-state index in [0.717, 1.165) is 0 Å². The normalized spacial score (nSPS) is 11.1. The van der Waals surface area contributed by atoms with Gasteiger partial charge in [-0.2, -0.15) is 0 Å². The van der Waals surface area contributed by atoms with Crippen molar-refractivity contribution in [1.82, 2.24) is 19.5 Å². The second kappa shape index (κ2) is 4.47. The second-order valence-corrected chi connectivity index (χ2v) is 4.39. The number of imidazole rings is 1. The summed E-state index contributed by atoms with van der Waals surface area (Å²) in [6.07, 6.45) is 2.94. The van der Waals surface area contributed by atoms with Crippen molar-refractivity contribution < 1.29 is 4.39 Å². The van der Waals surface area contributed by atoms with Crippen LogP contribution in [-0.4, -0.2) is 19.5 Å². The van der Waals surface area contributed by atoms with Gasteiger partial charge in [-0.3, -0.25) is 0 Å². The molecule has 2 N–H and O–H groups in total. The fourth-order valence-electron chi connectivity index (χ4n) is 1.87. The molecule has 0 amide bonds. The van der Waals surface area contributed by atoms with Crippen LogP contribution in [-0.2, 0) is 6.54 Å². The smallest absolute Gasteiger partial charge is 0.165 e. The molecule has 0 radical (unpaired) electrons. The zero-order valence-corrected chi connectivity index (χ0v) is 10.5. The predicted octanol–water partition coefficient (Wildman–Crippen LogP) is 2.25. The average Bonchev–Trinajstić information content (AvgIpc) is 2.80. The summed E-state index contributed by atoms with van der Waals surface area (Å²) in [6.45, 7) is 0.365. The van der Waals surface area contributed by atoms with Crippen LogP contribution in [0.3, 0.4) is 0 Å². The summed E-state index contributed by atoms with van der Waals surface area (Å²) >= 11 is 5.93. The summed E-state index contributed by atoms with van der Waals surface area (Å²) in [5.74, 6) is -0.133. The Morgan fingerprint density at radius 3 is 2.95 bits per heavy atom. The summed E-state index contributed by atoms with van der Waals surface area (Å²) in [5.41, 5.74) is 7.47. The molecule has 0 spiro atoms. The topological polar surface area (TPSA) is 69.6 Å². The number of nitrogens with two attached hydrogens (primary N) is 1. The van der Waals surface area contributed by atoms with Crippen LogP contribution in [0.25, 0.3) is 11.2 Å². The first-order chi connectivity index (χ1) is 9.16. The average molecular weight is 278 g/mol. The van der Waals surface area contributed by atoms with Gasteiger partial charge >= 0.3 is 0 Å². The SMILES string of the molecule is Nc1ncnc2c1ncn2Cc1cccc(F)c1Cl. The van der Waals surface area contributed by atoms with Crippen molar-refractivity contribution in [1.29, 1.82) is 0 Å². The van der Waals surface area contributed by atoms with Gasteiger partial charge in [-0.25, -0.2) is 19.3 Å². The Kier molecular flexibility index (Phi) is 2.79. The number of fused-ring (bicyclic) bond motifs is 1. The largest absolute Gasteiger partial charge is 0.382 e. The first-order valence-corrected chi connectivity index (χ1v) is 5.89. The summed E-state index contributed by atoms with van der Waals surface area (Å²) in [7, 11) is 0. The molecule has 0 unspecified atom stereocenters. The lowest BCUT2D eigenvalue weighted by Crippen LogP contribution is -2.01. The molecule has 2 aromatic heterocycles. The maximum atomic E-state index is 13.4. The summed E-state index contributed by atoms with van der Waals surface area (Å²) in [4.78, 5) is 12.1. The van der Waals surface area contributed by atoms with Crippen LogP contribution in [0.15, 0.2) is 30.9 Å². The van der Waals surface area contributed by atoms with Gasteiger partial charge in [0.2, 0.25) is 0 Å². The number of nitrogen functional groups attached to an aromatic ring is 1. The van der Waals surface area contributed by atoms with Gasteiger partial charge in [0, 0.05) is 0 Å². The standard InChI is InChI=1S/C12H9ClFN5/c13-9-7(2-1-3-8(9)14)4-19-6-18-10-11(15)16-5-17-12(10)19/h1-3,5-6H,4H2,(H2,15,16,17). The molecular weight excluding hydrogens is 269 g/mol. The molecule has 96 valence electrons. The van der Waals surface area contributed by atoms with E-state index >= 15 is 0 Å². The number of aromatic nitrogens is 4. The van der Waals surface area contributed by atoms with Crippen molar-refractivity contribution in [2.75, 3.05) is 5.73 Å². The van der Waals surface area contributed by atoms with Gasteiger partial charge in [0.25, 0.3) is 0 Å². The fraction of sp³-hybridized carbons (Fsp3) is 0.0833. The Hall–Kier alpha value is -2.21. The number of anilines is 1. The highest BCUT2D eigenvalue weighted by molar-refractivity contribution is 6.31. The van der Waals surface area contributed by atoms with Gasteiger partial charge in [-0.1, -0.05) is 23.7 Å². The molecule has 3 aromatic rings. The summed E-state index contributed by atoms with van der Waals surface area (Å²) in [5, 5.41) is 0.103. The molecule has 0 aliphatic carbocycles. The van der Waals surface area contributed by atoms with E-state index in [2.05, 4.69) is 15.0 Å². The van der Waals surface area contributed by atoms with Crippen molar-refractivity contribution in [2.45, 2.75) is 6.54 Å². The van der Waals surface area contributed by atoms with Gasteiger partial charge in [-0.15, -0.1) is 0 Å². The number of nitrogens with zero attached hydrogens (tertiary/aromatic N) is 4. The van der Waals surface area contributed by atoms with Crippen LogP contribution in [0.4, 0.5) is 10.2 Å². The van der Waals surface area contributed by atoms with Gasteiger partial charge in [0.05, 0.1) is 17.9 Å². The van der Waals surface area contributed by atoms with Crippen LogP contribution < -0.4 is 5.73 Å². The zero-order valence-electron chi connectivity index (χ0n) is 9.72. The fourth-order valence-corrected chi connectivity index (χ4v) is 2.05. The van der Waals surface area contributed by atoms with Crippen LogP contribution >= 0.6 is 11.6 Å². The van der Waals surface area contributed by atoms with E-state index < -0.39 is 5.82 Å². The third kappa shape index (κ3) is 2.00. The van der Waals surface area contributed by atoms with Crippen LogP contribution in [0.5, 0.6) is 0 Å². The van der Waals surface area contributed by atoms with E-state index in [1.165, 1.54) is 12.4 Å². The van der Waals surface area contributed by atoms with Gasteiger partial charge < -0.3 is 10.3 Å². The van der Waals surface area contributed by atoms with Crippen molar-refractivity contribution in [3.8, 4) is 0 Å². The number of benzene rings is 1. The first-order valence-electron chi connectivity index (χ1n) is 5.51. The molecular formula is C12H9ClFN5. The molecule has 0 saturated carbocycles. The number of halogens is 2. The Balaban J connectivity index is 2.07. The van der Waals surface area contributed by atoms with E-state index in [-0.39, 0.29) is 5.02 Å². The minimum Gasteiger partial charge on any atom is -0.382 e. The molecule has 19 heavy (non-hydrogen) atoms. The van der Waals surface area contributed by atoms with Gasteiger partial charge in [0.1, 0.15) is 17.7 Å². The number of hydrogen-bond donors (Lipinski definition) is 1. The van der Waals surface area contributed by atoms with Crippen LogP contribution in [0, 0.1) is 5.82 Å². The summed E-state index contributed by atoms with van der Waals surface area (Å²) < 4.78 is 15.1. The molecule has 0 aliphatic heterocycles. The molecule has 3 rings (SSSR count). The Bertz CT molecular complexity index is 755. The number of rotatable bonds is 2. The van der Waals surface area contributed by atoms with E-state index in [1.807, 2.05) is 0 Å². The monoisotopic (exact) mass is 277 g/mol. The predicted molar refractivity (Wildman–Crippen MR) is 70.2 cm³/mol. The molecule has 7 heteroatoms. The van der Waals surface area contributed by atoms with Gasteiger partial charge in [-0.05, 0) is 11.6 Å². The molecule has 0 bridgehead atoms. The zero-order chi connectivity index (χ0) is 13.4. The lowest BCUT2D eigenvalue weighted by atomic mass is 10.2. The molecule has 5 nitrogen and oxygen atoms in total. The molecule has 1 aromatic carbocycles. The van der Waals surface area contributed by atoms with Crippen molar-refractivity contribution >= 4 is 28.6 Å². The second-order valence-electron chi connectivity index (χ2n) is 4.02. The van der Waals surface area contributed by atoms with Gasteiger partial charge in [0.15, 0.2) is 11.5 Å². The quantitative estimate of drug-likeness (QED) is 0.780. The maximum absolute atomic E-state index is 13.4. The molecule has 0 aliphatic rings. The highest BCUT2D eigenvalue weighted by Crippen LogP contribution is 2.22. The number of hydrogen-bond acceptors (Lipinski definition) is 4. The highest BCUT2D eigenvalue weighted by atomic mass is 35.5. The van der Waals surface area contributed by atoms with Crippen molar-refractivity contribution in [3.05, 3.63) is 47.3 Å². The van der Waals surface area contributed by atoms with Crippen LogP contribution in [0.2, 0.25) is 5.02 Å². The summed E-state index contributed by atoms with van der Waals surface area (Å²) in [6, 6.07) is 4.68. The van der Waals surface area contributed by atoms with E-state index in [9.17, 15) is 4.39 Å². The molecule has 2 heterocycles. The van der Waals surface area contributed by atoms with Crippen molar-refractivity contribution in [3.63, 3.8) is 0 Å². The van der Waals surface area contributed by atoms with Crippen LogP contribution in [0.1, 0.15) is 5.56 Å². The molecule has 0 atom stereocenters. The van der Waals surface area contributed by atoms with E-state index in [0.29, 0.717) is 29.1 Å². The van der Waals surface area contributed by atoms with Crippen molar-refractivity contribution in [2.24, 2.45) is 0 Å². The third-order valence-corrected chi connectivity index (χ3v) is 3.23. The maximum Gasteiger partial charge on any atom is 0.165 e. The Morgan fingerprint density at radius 1 is 1.26 bits per heavy atom. The Labute approximate surface area is 112 Å². The lowest BCUT2D eigenvalue weighted by Gasteiger charge is -2.06. The van der Waals surface area contributed by atoms with E-state index in [1.54, 1.807) is 23.0 Å². The van der Waals surface area contributed by atoms with E-state index in [4.69, 9.17) is 17.3 Å². The molecule has 0 saturated heterocycles. The highest BCUT2D eigenvalue weighted by Gasteiger charge is 2.11.